The lowest BCUT2D eigenvalue weighted by Crippen LogP contribution is -2.42. The first-order chi connectivity index (χ1) is 8.19. The maximum absolute atomic E-state index is 12.7. The Balaban J connectivity index is 2.21. The predicted octanol–water partition coefficient (Wildman–Crippen LogP) is 1.65. The highest BCUT2D eigenvalue weighted by Crippen LogP contribution is 2.50. The molecule has 0 aromatic heterocycles. The van der Waals surface area contributed by atoms with Gasteiger partial charge in [-0.15, -0.1) is 0 Å². The SMILES string of the molecule is CO[C@H]1CO[P@](=O)(c2ccccc2)C[C@@H]1OC. The lowest BCUT2D eigenvalue weighted by Gasteiger charge is -2.34. The molecule has 1 aromatic carbocycles. The summed E-state index contributed by atoms with van der Waals surface area (Å²) < 4.78 is 28.8. The van der Waals surface area contributed by atoms with Crippen molar-refractivity contribution in [2.24, 2.45) is 0 Å². The third kappa shape index (κ3) is 2.61. The number of methoxy groups -OCH3 is 2. The minimum absolute atomic E-state index is 0.147. The Morgan fingerprint density at radius 3 is 2.41 bits per heavy atom. The van der Waals surface area contributed by atoms with Crippen LogP contribution in [0.15, 0.2) is 30.3 Å². The maximum atomic E-state index is 12.7. The van der Waals surface area contributed by atoms with E-state index in [-0.39, 0.29) is 12.2 Å². The van der Waals surface area contributed by atoms with Crippen LogP contribution in [-0.4, -0.2) is 39.2 Å². The van der Waals surface area contributed by atoms with Crippen LogP contribution < -0.4 is 5.30 Å². The van der Waals surface area contributed by atoms with Crippen molar-refractivity contribution in [2.45, 2.75) is 12.2 Å². The summed E-state index contributed by atoms with van der Waals surface area (Å²) >= 11 is 0. The quantitative estimate of drug-likeness (QED) is 0.771. The Morgan fingerprint density at radius 2 is 1.82 bits per heavy atom. The van der Waals surface area contributed by atoms with Gasteiger partial charge in [0, 0.05) is 19.5 Å². The van der Waals surface area contributed by atoms with Crippen molar-refractivity contribution in [3.05, 3.63) is 30.3 Å². The first-order valence-electron chi connectivity index (χ1n) is 5.54. The molecule has 0 bridgehead atoms. The summed E-state index contributed by atoms with van der Waals surface area (Å²) in [5.41, 5.74) is 0. The molecule has 1 aliphatic rings. The largest absolute Gasteiger partial charge is 0.378 e. The van der Waals surface area contributed by atoms with E-state index in [1.165, 1.54) is 0 Å². The summed E-state index contributed by atoms with van der Waals surface area (Å²) in [5, 5.41) is 0.747. The number of benzene rings is 1. The van der Waals surface area contributed by atoms with Gasteiger partial charge in [0.15, 0.2) is 0 Å². The molecule has 1 saturated heterocycles. The minimum atomic E-state index is -2.79. The molecule has 0 aliphatic carbocycles. The molecule has 3 atom stereocenters. The molecule has 0 amide bonds. The van der Waals surface area contributed by atoms with Crippen LogP contribution in [0.25, 0.3) is 0 Å². The molecule has 5 heteroatoms. The summed E-state index contributed by atoms with van der Waals surface area (Å²) in [6.07, 6.45) is 0.0389. The van der Waals surface area contributed by atoms with Crippen LogP contribution in [0, 0.1) is 0 Å². The molecule has 0 radical (unpaired) electrons. The molecule has 4 nitrogen and oxygen atoms in total. The standard InChI is InChI=1S/C12H17O4P/c1-14-11-8-16-17(13,9-12(11)15-2)10-6-4-3-5-7-10/h3-7,11-12H,8-9H2,1-2H3/t11-,12-,17-/m0/s1. The van der Waals surface area contributed by atoms with Gasteiger partial charge in [0.25, 0.3) is 0 Å². The van der Waals surface area contributed by atoms with Gasteiger partial charge < -0.3 is 14.0 Å². The Bertz CT molecular complexity index is 406. The molecule has 0 N–H and O–H groups in total. The van der Waals surface area contributed by atoms with Crippen molar-refractivity contribution in [3.63, 3.8) is 0 Å². The van der Waals surface area contributed by atoms with Crippen molar-refractivity contribution < 1.29 is 18.6 Å². The van der Waals surface area contributed by atoms with Gasteiger partial charge in [0.1, 0.15) is 6.10 Å². The van der Waals surface area contributed by atoms with E-state index in [4.69, 9.17) is 14.0 Å². The maximum Gasteiger partial charge on any atom is 0.234 e. The Labute approximate surface area is 101 Å². The van der Waals surface area contributed by atoms with Gasteiger partial charge in [-0.2, -0.15) is 0 Å². The predicted molar refractivity (Wildman–Crippen MR) is 66.1 cm³/mol. The summed E-state index contributed by atoms with van der Waals surface area (Å²) in [6, 6.07) is 9.29. The van der Waals surface area contributed by atoms with Crippen LogP contribution in [0.5, 0.6) is 0 Å². The highest BCUT2D eigenvalue weighted by Gasteiger charge is 2.39. The molecule has 0 unspecified atom stereocenters. The Hall–Kier alpha value is -0.670. The molecule has 1 heterocycles. The zero-order chi connectivity index (χ0) is 12.3. The molecule has 0 saturated carbocycles. The molecule has 94 valence electrons. The second-order valence-electron chi connectivity index (χ2n) is 4.04. The zero-order valence-corrected chi connectivity index (χ0v) is 10.9. The monoisotopic (exact) mass is 256 g/mol. The van der Waals surface area contributed by atoms with E-state index >= 15 is 0 Å². The van der Waals surface area contributed by atoms with E-state index in [9.17, 15) is 4.57 Å². The van der Waals surface area contributed by atoms with Crippen LogP contribution >= 0.6 is 7.37 Å². The van der Waals surface area contributed by atoms with Gasteiger partial charge in [0.05, 0.1) is 18.9 Å². The van der Waals surface area contributed by atoms with E-state index in [1.807, 2.05) is 30.3 Å². The summed E-state index contributed by atoms with van der Waals surface area (Å²) in [5.74, 6) is 0. The van der Waals surface area contributed by atoms with E-state index in [2.05, 4.69) is 0 Å². The number of ether oxygens (including phenoxy) is 2. The van der Waals surface area contributed by atoms with Crippen LogP contribution in [0.4, 0.5) is 0 Å². The van der Waals surface area contributed by atoms with Crippen molar-refractivity contribution in [3.8, 4) is 0 Å². The third-order valence-corrected chi connectivity index (χ3v) is 5.53. The molecule has 1 aliphatic heterocycles. The third-order valence-electron chi connectivity index (χ3n) is 3.04. The van der Waals surface area contributed by atoms with Gasteiger partial charge in [-0.25, -0.2) is 0 Å². The summed E-state index contributed by atoms with van der Waals surface area (Å²) in [4.78, 5) is 0. The number of hydrogen-bond acceptors (Lipinski definition) is 4. The first kappa shape index (κ1) is 12.8. The van der Waals surface area contributed by atoms with Crippen molar-refractivity contribution in [1.29, 1.82) is 0 Å². The summed E-state index contributed by atoms with van der Waals surface area (Å²) in [7, 11) is 0.424. The van der Waals surface area contributed by atoms with E-state index < -0.39 is 7.37 Å². The second-order valence-corrected chi connectivity index (χ2v) is 6.52. The smallest absolute Gasteiger partial charge is 0.234 e. The van der Waals surface area contributed by atoms with Crippen LogP contribution in [-0.2, 0) is 18.6 Å². The van der Waals surface area contributed by atoms with Crippen LogP contribution in [0.1, 0.15) is 0 Å². The van der Waals surface area contributed by atoms with Crippen molar-refractivity contribution >= 4 is 12.7 Å². The number of hydrogen-bond donors (Lipinski definition) is 0. The molecule has 2 rings (SSSR count). The van der Waals surface area contributed by atoms with E-state index in [0.717, 1.165) is 5.30 Å². The Kier molecular flexibility index (Phi) is 4.00. The fourth-order valence-corrected chi connectivity index (χ4v) is 4.33. The van der Waals surface area contributed by atoms with Crippen molar-refractivity contribution in [1.82, 2.24) is 0 Å². The van der Waals surface area contributed by atoms with Gasteiger partial charge in [-0.05, 0) is 12.1 Å². The van der Waals surface area contributed by atoms with E-state index in [1.54, 1.807) is 14.2 Å². The Morgan fingerprint density at radius 1 is 1.18 bits per heavy atom. The minimum Gasteiger partial charge on any atom is -0.378 e. The average Bonchev–Trinajstić information content (AvgIpc) is 2.39. The molecular formula is C12H17O4P. The van der Waals surface area contributed by atoms with Crippen LogP contribution in [0.2, 0.25) is 0 Å². The highest BCUT2D eigenvalue weighted by atomic mass is 31.2. The molecule has 0 spiro atoms. The first-order valence-corrected chi connectivity index (χ1v) is 7.35. The van der Waals surface area contributed by atoms with Gasteiger partial charge in [0.2, 0.25) is 7.37 Å². The van der Waals surface area contributed by atoms with Crippen molar-refractivity contribution in [2.75, 3.05) is 27.0 Å². The second kappa shape index (κ2) is 5.32. The summed E-state index contributed by atoms with van der Waals surface area (Å²) in [6.45, 7) is 0.307. The molecule has 1 aromatic rings. The topological polar surface area (TPSA) is 44.8 Å². The van der Waals surface area contributed by atoms with Gasteiger partial charge >= 0.3 is 0 Å². The highest BCUT2D eigenvalue weighted by molar-refractivity contribution is 7.67. The number of rotatable bonds is 3. The van der Waals surface area contributed by atoms with Gasteiger partial charge in [-0.1, -0.05) is 18.2 Å². The molecular weight excluding hydrogens is 239 g/mol. The fraction of sp³-hybridized carbons (Fsp3) is 0.500. The fourth-order valence-electron chi connectivity index (χ4n) is 1.99. The lowest BCUT2D eigenvalue weighted by molar-refractivity contribution is -0.0556. The zero-order valence-electron chi connectivity index (χ0n) is 10.0. The molecule has 17 heavy (non-hydrogen) atoms. The normalized spacial score (nSPS) is 33.5. The average molecular weight is 256 g/mol. The van der Waals surface area contributed by atoms with E-state index in [0.29, 0.717) is 12.8 Å². The van der Waals surface area contributed by atoms with Crippen LogP contribution in [0.3, 0.4) is 0 Å². The van der Waals surface area contributed by atoms with Gasteiger partial charge in [-0.3, -0.25) is 4.57 Å². The lowest BCUT2D eigenvalue weighted by atomic mass is 10.2. The molecule has 1 fully saturated rings.